The van der Waals surface area contributed by atoms with E-state index in [9.17, 15) is 15.0 Å². The minimum absolute atomic E-state index is 0.119. The predicted molar refractivity (Wildman–Crippen MR) is 96.8 cm³/mol. The number of aliphatic hydroxyl groups excluding tert-OH is 1. The smallest absolute Gasteiger partial charge is 0.339 e. The molecule has 5 nitrogen and oxygen atoms in total. The van der Waals surface area contributed by atoms with Gasteiger partial charge in [0.05, 0.1) is 7.11 Å². The van der Waals surface area contributed by atoms with Crippen LogP contribution in [0.4, 0.5) is 0 Å². The Morgan fingerprint density at radius 1 is 1.12 bits per heavy atom. The van der Waals surface area contributed by atoms with Crippen molar-refractivity contribution in [1.29, 1.82) is 0 Å². The van der Waals surface area contributed by atoms with E-state index < -0.39 is 5.97 Å². The van der Waals surface area contributed by atoms with E-state index in [1.165, 1.54) is 12.7 Å². The van der Waals surface area contributed by atoms with E-state index in [1.54, 1.807) is 12.1 Å². The minimum atomic E-state index is -1.00. The Kier molecular flexibility index (Phi) is 6.98. The number of aromatic carboxylic acids is 1. The van der Waals surface area contributed by atoms with Gasteiger partial charge in [-0.2, -0.15) is 0 Å². The van der Waals surface area contributed by atoms with Gasteiger partial charge >= 0.3 is 5.97 Å². The number of carboxylic acids is 1. The highest BCUT2D eigenvalue weighted by Gasteiger charge is 2.15. The van der Waals surface area contributed by atoms with Crippen molar-refractivity contribution in [1.82, 2.24) is 4.90 Å². The van der Waals surface area contributed by atoms with Crippen LogP contribution >= 0.6 is 0 Å². The SMILES string of the molecule is COc1ccc(CN(Cc2ccccc2)C[C@@H](C)CO)cc1C(=O)O. The average Bonchev–Trinajstić information content (AvgIpc) is 2.62. The number of carbonyl (C=O) groups is 1. The van der Waals surface area contributed by atoms with Gasteiger partial charge in [0.15, 0.2) is 0 Å². The largest absolute Gasteiger partial charge is 0.496 e. The molecule has 0 saturated heterocycles. The Labute approximate surface area is 148 Å². The molecule has 0 spiro atoms. The molecule has 5 heteroatoms. The Hall–Kier alpha value is -2.37. The van der Waals surface area contributed by atoms with Crippen LogP contribution in [-0.2, 0) is 13.1 Å². The van der Waals surface area contributed by atoms with Crippen LogP contribution in [0.15, 0.2) is 48.5 Å². The fraction of sp³-hybridized carbons (Fsp3) is 0.350. The van der Waals surface area contributed by atoms with Crippen molar-refractivity contribution in [3.05, 3.63) is 65.2 Å². The van der Waals surface area contributed by atoms with Crippen LogP contribution in [-0.4, -0.2) is 41.3 Å². The molecule has 0 saturated carbocycles. The second-order valence-corrected chi connectivity index (χ2v) is 6.28. The molecule has 2 aromatic rings. The number of nitrogens with zero attached hydrogens (tertiary/aromatic N) is 1. The third kappa shape index (κ3) is 5.59. The standard InChI is InChI=1S/C20H25NO4/c1-15(14-22)11-21(12-16-6-4-3-5-7-16)13-17-8-9-19(25-2)18(10-17)20(23)24/h3-10,15,22H,11-14H2,1-2H3,(H,23,24)/t15-/m1/s1. The van der Waals surface area contributed by atoms with Crippen LogP contribution in [0.1, 0.15) is 28.4 Å². The van der Waals surface area contributed by atoms with Crippen LogP contribution in [0.3, 0.4) is 0 Å². The first-order valence-corrected chi connectivity index (χ1v) is 8.30. The van der Waals surface area contributed by atoms with Gasteiger partial charge < -0.3 is 14.9 Å². The predicted octanol–water partition coefficient (Wildman–Crippen LogP) is 3.02. The molecule has 0 aliphatic carbocycles. The highest BCUT2D eigenvalue weighted by Crippen LogP contribution is 2.21. The van der Waals surface area contributed by atoms with E-state index in [0.717, 1.165) is 18.7 Å². The highest BCUT2D eigenvalue weighted by atomic mass is 16.5. The maximum Gasteiger partial charge on any atom is 0.339 e. The number of rotatable bonds is 9. The first-order chi connectivity index (χ1) is 12.0. The van der Waals surface area contributed by atoms with Gasteiger partial charge in [-0.05, 0) is 29.2 Å². The summed E-state index contributed by atoms with van der Waals surface area (Å²) < 4.78 is 5.12. The van der Waals surface area contributed by atoms with Crippen LogP contribution < -0.4 is 4.74 Å². The fourth-order valence-corrected chi connectivity index (χ4v) is 2.80. The molecule has 1 atom stereocenters. The van der Waals surface area contributed by atoms with Crippen molar-refractivity contribution in [2.45, 2.75) is 20.0 Å². The lowest BCUT2D eigenvalue weighted by molar-refractivity contribution is 0.0693. The van der Waals surface area contributed by atoms with E-state index in [0.29, 0.717) is 12.3 Å². The summed E-state index contributed by atoms with van der Waals surface area (Å²) >= 11 is 0. The van der Waals surface area contributed by atoms with Crippen molar-refractivity contribution in [3.8, 4) is 5.75 Å². The molecular formula is C20H25NO4. The lowest BCUT2D eigenvalue weighted by Crippen LogP contribution is -2.29. The zero-order valence-corrected chi connectivity index (χ0v) is 14.7. The molecule has 0 aliphatic rings. The monoisotopic (exact) mass is 343 g/mol. The molecule has 2 rings (SSSR count). The zero-order valence-electron chi connectivity index (χ0n) is 14.7. The molecule has 0 fully saturated rings. The number of hydrogen-bond donors (Lipinski definition) is 2. The molecule has 25 heavy (non-hydrogen) atoms. The van der Waals surface area contributed by atoms with Crippen molar-refractivity contribution < 1.29 is 19.7 Å². The third-order valence-electron chi connectivity index (χ3n) is 4.03. The normalized spacial score (nSPS) is 12.2. The van der Waals surface area contributed by atoms with Crippen molar-refractivity contribution >= 4 is 5.97 Å². The van der Waals surface area contributed by atoms with Crippen molar-refractivity contribution in [2.75, 3.05) is 20.3 Å². The summed E-state index contributed by atoms with van der Waals surface area (Å²) in [5, 5.41) is 18.7. The minimum Gasteiger partial charge on any atom is -0.496 e. The molecule has 0 bridgehead atoms. The number of methoxy groups -OCH3 is 1. The van der Waals surface area contributed by atoms with Gasteiger partial charge in [-0.25, -0.2) is 4.79 Å². The maximum absolute atomic E-state index is 11.4. The third-order valence-corrected chi connectivity index (χ3v) is 4.03. The van der Waals surface area contributed by atoms with Crippen LogP contribution in [0, 0.1) is 5.92 Å². The first-order valence-electron chi connectivity index (χ1n) is 8.30. The summed E-state index contributed by atoms with van der Waals surface area (Å²) in [5.74, 6) is -0.507. The molecule has 0 radical (unpaired) electrons. The number of carboxylic acid groups (broad SMARTS) is 1. The molecule has 134 valence electrons. The summed E-state index contributed by atoms with van der Waals surface area (Å²) in [6.07, 6.45) is 0. The van der Waals surface area contributed by atoms with E-state index in [-0.39, 0.29) is 18.1 Å². The van der Waals surface area contributed by atoms with Crippen LogP contribution in [0.25, 0.3) is 0 Å². The number of ether oxygens (including phenoxy) is 1. The topological polar surface area (TPSA) is 70.0 Å². The van der Waals surface area contributed by atoms with Gasteiger partial charge in [0.1, 0.15) is 11.3 Å². The second-order valence-electron chi connectivity index (χ2n) is 6.28. The summed E-state index contributed by atoms with van der Waals surface area (Å²) in [7, 11) is 1.46. The summed E-state index contributed by atoms with van der Waals surface area (Å²) in [4.78, 5) is 13.6. The quantitative estimate of drug-likeness (QED) is 0.732. The number of benzene rings is 2. The lowest BCUT2D eigenvalue weighted by Gasteiger charge is -2.25. The Balaban J connectivity index is 2.20. The molecule has 0 amide bonds. The molecule has 0 unspecified atom stereocenters. The van der Waals surface area contributed by atoms with E-state index in [2.05, 4.69) is 17.0 Å². The molecule has 2 aromatic carbocycles. The van der Waals surface area contributed by atoms with Gasteiger partial charge in [-0.15, -0.1) is 0 Å². The van der Waals surface area contributed by atoms with Gasteiger partial charge in [0.25, 0.3) is 0 Å². The number of hydrogen-bond acceptors (Lipinski definition) is 4. The average molecular weight is 343 g/mol. The maximum atomic E-state index is 11.4. The lowest BCUT2D eigenvalue weighted by atomic mass is 10.1. The Morgan fingerprint density at radius 3 is 2.40 bits per heavy atom. The van der Waals surface area contributed by atoms with Crippen molar-refractivity contribution in [3.63, 3.8) is 0 Å². The molecule has 0 aliphatic heterocycles. The molecule has 0 aromatic heterocycles. The van der Waals surface area contributed by atoms with Crippen LogP contribution in [0.2, 0.25) is 0 Å². The first kappa shape index (κ1) is 19.0. The fourth-order valence-electron chi connectivity index (χ4n) is 2.80. The van der Waals surface area contributed by atoms with Crippen LogP contribution in [0.5, 0.6) is 5.75 Å². The summed E-state index contributed by atoms with van der Waals surface area (Å²) in [5.41, 5.74) is 2.24. The van der Waals surface area contributed by atoms with E-state index in [4.69, 9.17) is 4.74 Å². The Bertz CT molecular complexity index is 687. The molecule has 0 heterocycles. The van der Waals surface area contributed by atoms with E-state index in [1.807, 2.05) is 31.2 Å². The van der Waals surface area contributed by atoms with Gasteiger partial charge in [-0.3, -0.25) is 4.90 Å². The zero-order chi connectivity index (χ0) is 18.2. The molecular weight excluding hydrogens is 318 g/mol. The van der Waals surface area contributed by atoms with E-state index >= 15 is 0 Å². The van der Waals surface area contributed by atoms with Crippen molar-refractivity contribution in [2.24, 2.45) is 5.92 Å². The highest BCUT2D eigenvalue weighted by molar-refractivity contribution is 5.91. The summed E-state index contributed by atoms with van der Waals surface area (Å²) in [6.45, 7) is 4.17. The number of aliphatic hydroxyl groups is 1. The Morgan fingerprint density at radius 2 is 1.80 bits per heavy atom. The van der Waals surface area contributed by atoms with Gasteiger partial charge in [0.2, 0.25) is 0 Å². The van der Waals surface area contributed by atoms with Gasteiger partial charge in [-0.1, -0.05) is 43.3 Å². The molecule has 2 N–H and O–H groups in total. The van der Waals surface area contributed by atoms with Gasteiger partial charge in [0, 0.05) is 26.2 Å². The second kappa shape index (κ2) is 9.20. The summed E-state index contributed by atoms with van der Waals surface area (Å²) in [6, 6.07) is 15.3.